The van der Waals surface area contributed by atoms with Gasteiger partial charge in [-0.3, -0.25) is 9.59 Å². The van der Waals surface area contributed by atoms with Crippen molar-refractivity contribution in [2.75, 3.05) is 19.6 Å². The third-order valence-corrected chi connectivity index (χ3v) is 6.17. The Bertz CT molecular complexity index is 954. The lowest BCUT2D eigenvalue weighted by molar-refractivity contribution is -0.134. The zero-order chi connectivity index (χ0) is 20.0. The van der Waals surface area contributed by atoms with E-state index in [2.05, 4.69) is 14.8 Å². The minimum absolute atomic E-state index is 0.105. The Balaban J connectivity index is 1.30. The molecule has 0 bridgehead atoms. The van der Waals surface area contributed by atoms with Crippen LogP contribution in [0.15, 0.2) is 24.3 Å². The Morgan fingerprint density at radius 2 is 1.90 bits per heavy atom. The summed E-state index contributed by atoms with van der Waals surface area (Å²) in [5.41, 5.74) is 0.378. The molecule has 2 aromatic rings. The summed E-state index contributed by atoms with van der Waals surface area (Å²) in [6, 6.07) is 5.85. The van der Waals surface area contributed by atoms with Gasteiger partial charge in [0.25, 0.3) is 5.91 Å². The first-order chi connectivity index (χ1) is 14.1. The Morgan fingerprint density at radius 3 is 2.69 bits per heavy atom. The van der Waals surface area contributed by atoms with Gasteiger partial charge >= 0.3 is 0 Å². The quantitative estimate of drug-likeness (QED) is 0.796. The number of benzene rings is 1. The van der Waals surface area contributed by atoms with Crippen molar-refractivity contribution in [3.8, 4) is 0 Å². The molecule has 0 spiro atoms. The Morgan fingerprint density at radius 1 is 1.03 bits per heavy atom. The first-order valence-corrected chi connectivity index (χ1v) is 10.4. The van der Waals surface area contributed by atoms with Gasteiger partial charge in [-0.05, 0) is 43.9 Å². The number of nitrogens with zero attached hydrogens (tertiary/aromatic N) is 5. The van der Waals surface area contributed by atoms with Gasteiger partial charge < -0.3 is 14.4 Å². The summed E-state index contributed by atoms with van der Waals surface area (Å²) in [4.78, 5) is 28.9. The number of hydrogen-bond donors (Lipinski definition) is 0. The lowest BCUT2D eigenvalue weighted by Crippen LogP contribution is -2.42. The van der Waals surface area contributed by atoms with Crippen LogP contribution in [-0.4, -0.2) is 56.0 Å². The Labute approximate surface area is 168 Å². The van der Waals surface area contributed by atoms with E-state index in [-0.39, 0.29) is 23.7 Å². The van der Waals surface area contributed by atoms with Gasteiger partial charge in [-0.25, -0.2) is 4.39 Å². The van der Waals surface area contributed by atoms with E-state index in [9.17, 15) is 14.0 Å². The molecule has 0 radical (unpaired) electrons. The van der Waals surface area contributed by atoms with Crippen LogP contribution in [0.4, 0.5) is 4.39 Å². The van der Waals surface area contributed by atoms with Crippen molar-refractivity contribution in [2.24, 2.45) is 5.92 Å². The molecular weight excluding hydrogens is 373 g/mol. The second-order valence-electron chi connectivity index (χ2n) is 8.26. The van der Waals surface area contributed by atoms with Crippen molar-refractivity contribution in [2.45, 2.75) is 44.7 Å². The van der Waals surface area contributed by atoms with E-state index < -0.39 is 5.82 Å². The highest BCUT2D eigenvalue weighted by Crippen LogP contribution is 2.33. The predicted molar refractivity (Wildman–Crippen MR) is 102 cm³/mol. The molecule has 3 heterocycles. The van der Waals surface area contributed by atoms with Gasteiger partial charge in [0, 0.05) is 43.6 Å². The summed E-state index contributed by atoms with van der Waals surface area (Å²) in [5, 5.41) is 8.78. The van der Waals surface area contributed by atoms with Crippen molar-refractivity contribution in [3.63, 3.8) is 0 Å². The fraction of sp³-hybridized carbons (Fsp3) is 0.524. The molecule has 7 nitrogen and oxygen atoms in total. The average molecular weight is 397 g/mol. The molecule has 1 aliphatic carbocycles. The summed E-state index contributed by atoms with van der Waals surface area (Å²) in [6.45, 7) is 3.12. The zero-order valence-electron chi connectivity index (χ0n) is 16.3. The number of piperidine rings is 1. The molecule has 1 saturated heterocycles. The van der Waals surface area contributed by atoms with Crippen molar-refractivity contribution in [1.82, 2.24) is 24.6 Å². The largest absolute Gasteiger partial charge is 0.338 e. The molecule has 1 atom stereocenters. The maximum atomic E-state index is 13.5. The number of rotatable bonds is 3. The zero-order valence-corrected chi connectivity index (χ0v) is 16.3. The summed E-state index contributed by atoms with van der Waals surface area (Å²) in [6.07, 6.45) is 3.82. The molecule has 5 rings (SSSR count). The van der Waals surface area contributed by atoms with Gasteiger partial charge in [-0.15, -0.1) is 10.2 Å². The molecule has 3 aliphatic rings. The average Bonchev–Trinajstić information content (AvgIpc) is 3.51. The fourth-order valence-corrected chi connectivity index (χ4v) is 4.44. The SMILES string of the molecule is O=C(c1cccc(F)c1)N1CCCC(c2nnc3n2CCN(C(=O)C2CC2)C3)C1. The Hall–Kier alpha value is -2.77. The number of likely N-dealkylation sites (tertiary alicyclic amines) is 1. The number of carbonyl (C=O) groups is 2. The van der Waals surface area contributed by atoms with Crippen LogP contribution in [0.3, 0.4) is 0 Å². The first-order valence-electron chi connectivity index (χ1n) is 10.4. The Kier molecular flexibility index (Phi) is 4.56. The van der Waals surface area contributed by atoms with Crippen molar-refractivity contribution in [1.29, 1.82) is 0 Å². The maximum Gasteiger partial charge on any atom is 0.253 e. The molecule has 1 saturated carbocycles. The second kappa shape index (κ2) is 7.24. The number of halogens is 1. The molecule has 1 aromatic carbocycles. The van der Waals surface area contributed by atoms with Crippen LogP contribution in [0.25, 0.3) is 0 Å². The molecule has 2 amide bonds. The normalized spacial score (nSPS) is 21.8. The summed E-state index contributed by atoms with van der Waals surface area (Å²) >= 11 is 0. The maximum absolute atomic E-state index is 13.5. The van der Waals surface area contributed by atoms with Gasteiger partial charge in [-0.1, -0.05) is 6.07 Å². The van der Waals surface area contributed by atoms with Crippen molar-refractivity contribution < 1.29 is 14.0 Å². The third kappa shape index (κ3) is 3.52. The lowest BCUT2D eigenvalue weighted by Gasteiger charge is -2.34. The van der Waals surface area contributed by atoms with Crippen molar-refractivity contribution >= 4 is 11.8 Å². The van der Waals surface area contributed by atoms with E-state index in [1.165, 1.54) is 12.1 Å². The van der Waals surface area contributed by atoms with E-state index in [1.807, 2.05) is 4.90 Å². The van der Waals surface area contributed by atoms with E-state index in [1.54, 1.807) is 17.0 Å². The molecule has 0 N–H and O–H groups in total. The van der Waals surface area contributed by atoms with E-state index >= 15 is 0 Å². The predicted octanol–water partition coefficient (Wildman–Crippen LogP) is 2.19. The van der Waals surface area contributed by atoms with Crippen LogP contribution in [0, 0.1) is 11.7 Å². The summed E-state index contributed by atoms with van der Waals surface area (Å²) < 4.78 is 15.6. The fourth-order valence-electron chi connectivity index (χ4n) is 4.44. The van der Waals surface area contributed by atoms with Crippen LogP contribution >= 0.6 is 0 Å². The highest BCUT2D eigenvalue weighted by molar-refractivity contribution is 5.94. The second-order valence-corrected chi connectivity index (χ2v) is 8.26. The molecule has 2 fully saturated rings. The molecular formula is C21H24FN5O2. The van der Waals surface area contributed by atoms with Crippen LogP contribution < -0.4 is 0 Å². The number of fused-ring (bicyclic) bond motifs is 1. The van der Waals surface area contributed by atoms with Gasteiger partial charge in [-0.2, -0.15) is 0 Å². The first kappa shape index (κ1) is 18.3. The number of amides is 2. The lowest BCUT2D eigenvalue weighted by atomic mass is 9.96. The van der Waals surface area contributed by atoms with Crippen molar-refractivity contribution in [3.05, 3.63) is 47.3 Å². The number of carbonyl (C=O) groups excluding carboxylic acids is 2. The smallest absolute Gasteiger partial charge is 0.253 e. The molecule has 2 aliphatic heterocycles. The molecule has 1 aromatic heterocycles. The standard InChI is InChI=1S/C21H24FN5O2/c22-17-5-1-3-15(11-17)21(29)25-8-2-4-16(12-25)19-24-23-18-13-26(9-10-27(18)19)20(28)14-6-7-14/h1,3,5,11,14,16H,2,4,6-10,12-13H2. The van der Waals surface area contributed by atoms with Gasteiger partial charge in [0.15, 0.2) is 5.82 Å². The van der Waals surface area contributed by atoms with E-state index in [4.69, 9.17) is 0 Å². The molecule has 8 heteroatoms. The van der Waals surface area contributed by atoms with E-state index in [0.717, 1.165) is 37.3 Å². The summed E-state index contributed by atoms with van der Waals surface area (Å²) in [5.74, 6) is 1.74. The molecule has 29 heavy (non-hydrogen) atoms. The van der Waals surface area contributed by atoms with Crippen LogP contribution in [0.2, 0.25) is 0 Å². The van der Waals surface area contributed by atoms with Gasteiger partial charge in [0.05, 0.1) is 6.54 Å². The highest BCUT2D eigenvalue weighted by Gasteiger charge is 2.36. The highest BCUT2D eigenvalue weighted by atomic mass is 19.1. The van der Waals surface area contributed by atoms with Gasteiger partial charge in [0.2, 0.25) is 5.91 Å². The topological polar surface area (TPSA) is 71.3 Å². The number of hydrogen-bond acceptors (Lipinski definition) is 4. The minimum atomic E-state index is -0.402. The summed E-state index contributed by atoms with van der Waals surface area (Å²) in [7, 11) is 0. The van der Waals surface area contributed by atoms with E-state index in [0.29, 0.717) is 38.3 Å². The monoisotopic (exact) mass is 397 g/mol. The molecule has 1 unspecified atom stereocenters. The van der Waals surface area contributed by atoms with Gasteiger partial charge in [0.1, 0.15) is 11.6 Å². The third-order valence-electron chi connectivity index (χ3n) is 6.17. The van der Waals surface area contributed by atoms with Crippen LogP contribution in [0.1, 0.15) is 53.6 Å². The van der Waals surface area contributed by atoms with Crippen LogP contribution in [0.5, 0.6) is 0 Å². The van der Waals surface area contributed by atoms with Crippen LogP contribution in [-0.2, 0) is 17.9 Å². The minimum Gasteiger partial charge on any atom is -0.338 e. The molecule has 152 valence electrons. The number of aromatic nitrogens is 3.